The van der Waals surface area contributed by atoms with E-state index in [2.05, 4.69) is 70.7 Å². The lowest BCUT2D eigenvalue weighted by molar-refractivity contribution is 0.989. The van der Waals surface area contributed by atoms with Crippen molar-refractivity contribution in [3.8, 4) is 0 Å². The number of benzene rings is 2. The number of thiocarbonyl (C=S) groups is 1. The number of nitrogens with one attached hydrogen (secondary N) is 2. The molecule has 0 saturated heterocycles. The van der Waals surface area contributed by atoms with Crippen molar-refractivity contribution < 1.29 is 0 Å². The second-order valence-corrected chi connectivity index (χ2v) is 7.75. The first-order valence-corrected chi connectivity index (χ1v) is 9.84. The molecule has 2 aromatic rings. The predicted octanol–water partition coefficient (Wildman–Crippen LogP) is 5.29. The summed E-state index contributed by atoms with van der Waals surface area (Å²) in [6.45, 7) is 5.03. The molecule has 0 aliphatic rings. The van der Waals surface area contributed by atoms with Gasteiger partial charge in [0.2, 0.25) is 0 Å². The van der Waals surface area contributed by atoms with Gasteiger partial charge in [-0.3, -0.25) is 0 Å². The summed E-state index contributed by atoms with van der Waals surface area (Å²) >= 11 is 10.7. The Hall–Kier alpha value is -1.04. The summed E-state index contributed by atoms with van der Waals surface area (Å²) in [4.78, 5) is 0. The van der Waals surface area contributed by atoms with E-state index in [-0.39, 0.29) is 0 Å². The summed E-state index contributed by atoms with van der Waals surface area (Å²) in [5.41, 5.74) is 4.87. The van der Waals surface area contributed by atoms with Crippen LogP contribution < -0.4 is 10.6 Å². The average molecular weight is 409 g/mol. The molecule has 2 rings (SSSR count). The molecule has 0 saturated carbocycles. The minimum absolute atomic E-state index is 0.669. The highest BCUT2D eigenvalue weighted by atomic mass is 79.9. The molecule has 2 aromatic carbocycles. The number of rotatable bonds is 6. The second kappa shape index (κ2) is 9.30. The van der Waals surface area contributed by atoms with E-state index in [1.54, 1.807) is 0 Å². The predicted molar refractivity (Wildman–Crippen MR) is 110 cm³/mol. The molecule has 2 N–H and O–H groups in total. The first-order valence-electron chi connectivity index (χ1n) is 7.49. The quantitative estimate of drug-likeness (QED) is 0.500. The van der Waals surface area contributed by atoms with E-state index in [1.807, 2.05) is 23.9 Å². The van der Waals surface area contributed by atoms with Crippen LogP contribution >= 0.6 is 39.9 Å². The van der Waals surface area contributed by atoms with Crippen molar-refractivity contribution in [2.45, 2.75) is 19.6 Å². The maximum absolute atomic E-state index is 5.33. The van der Waals surface area contributed by atoms with Crippen molar-refractivity contribution in [3.63, 3.8) is 0 Å². The van der Waals surface area contributed by atoms with Crippen LogP contribution in [0.5, 0.6) is 0 Å². The smallest absolute Gasteiger partial charge is 0.170 e. The monoisotopic (exact) mass is 408 g/mol. The van der Waals surface area contributed by atoms with Crippen LogP contribution in [0.15, 0.2) is 46.9 Å². The van der Waals surface area contributed by atoms with E-state index in [9.17, 15) is 0 Å². The van der Waals surface area contributed by atoms with Crippen LogP contribution in [0.4, 0.5) is 5.69 Å². The normalized spacial score (nSPS) is 10.4. The third-order valence-electron chi connectivity index (χ3n) is 3.34. The van der Waals surface area contributed by atoms with Crippen LogP contribution in [-0.4, -0.2) is 17.4 Å². The van der Waals surface area contributed by atoms with Crippen molar-refractivity contribution in [2.24, 2.45) is 0 Å². The van der Waals surface area contributed by atoms with Gasteiger partial charge in [-0.2, -0.15) is 11.8 Å². The summed E-state index contributed by atoms with van der Waals surface area (Å²) < 4.78 is 1.11. The minimum atomic E-state index is 0.669. The average Bonchev–Trinajstić information content (AvgIpc) is 2.52. The van der Waals surface area contributed by atoms with Gasteiger partial charge in [0.1, 0.15) is 0 Å². The molecule has 0 aliphatic carbocycles. The Bertz CT molecular complexity index is 657. The Labute approximate surface area is 156 Å². The number of anilines is 1. The third-order valence-corrected chi connectivity index (χ3v) is 5.50. The van der Waals surface area contributed by atoms with Crippen LogP contribution in [0.25, 0.3) is 0 Å². The molecular weight excluding hydrogens is 388 g/mol. The minimum Gasteiger partial charge on any atom is -0.362 e. The highest BCUT2D eigenvalue weighted by Gasteiger charge is 2.00. The SMILES string of the molecule is Cc1ccc(CSCCNC(=S)Nc2ccc(Br)c(C)c2)cc1. The maximum Gasteiger partial charge on any atom is 0.170 e. The molecule has 0 amide bonds. The molecule has 0 atom stereocenters. The summed E-state index contributed by atoms with van der Waals surface area (Å²) in [6.07, 6.45) is 0. The van der Waals surface area contributed by atoms with Crippen molar-refractivity contribution >= 4 is 50.7 Å². The Kier molecular flexibility index (Phi) is 7.40. The highest BCUT2D eigenvalue weighted by Crippen LogP contribution is 2.19. The zero-order valence-corrected chi connectivity index (χ0v) is 16.6. The molecule has 0 spiro atoms. The van der Waals surface area contributed by atoms with Gasteiger partial charge >= 0.3 is 0 Å². The Morgan fingerprint density at radius 1 is 1.13 bits per heavy atom. The van der Waals surface area contributed by atoms with Crippen LogP contribution in [-0.2, 0) is 5.75 Å². The number of halogens is 1. The Morgan fingerprint density at radius 3 is 2.57 bits per heavy atom. The summed E-state index contributed by atoms with van der Waals surface area (Å²) in [7, 11) is 0. The van der Waals surface area contributed by atoms with Crippen molar-refractivity contribution in [1.82, 2.24) is 5.32 Å². The Balaban J connectivity index is 1.64. The van der Waals surface area contributed by atoms with Gasteiger partial charge in [0.05, 0.1) is 0 Å². The van der Waals surface area contributed by atoms with E-state index in [4.69, 9.17) is 12.2 Å². The van der Waals surface area contributed by atoms with Crippen molar-refractivity contribution in [2.75, 3.05) is 17.6 Å². The molecule has 0 aliphatic heterocycles. The van der Waals surface area contributed by atoms with Crippen LogP contribution in [0.2, 0.25) is 0 Å². The molecular formula is C18H21BrN2S2. The lowest BCUT2D eigenvalue weighted by Crippen LogP contribution is -2.30. The van der Waals surface area contributed by atoms with Gasteiger partial charge in [0, 0.05) is 28.2 Å². The standard InChI is InChI=1S/C18H21BrN2S2/c1-13-3-5-15(6-4-13)12-23-10-9-20-18(22)21-16-7-8-17(19)14(2)11-16/h3-8,11H,9-10,12H2,1-2H3,(H2,20,21,22). The van der Waals surface area contributed by atoms with Gasteiger partial charge in [-0.1, -0.05) is 45.8 Å². The zero-order chi connectivity index (χ0) is 16.7. The molecule has 5 heteroatoms. The fourth-order valence-corrected chi connectivity index (χ4v) is 3.29. The summed E-state index contributed by atoms with van der Waals surface area (Å²) in [5.74, 6) is 2.06. The number of hydrogen-bond donors (Lipinski definition) is 2. The lowest BCUT2D eigenvalue weighted by atomic mass is 10.2. The van der Waals surface area contributed by atoms with E-state index >= 15 is 0 Å². The number of hydrogen-bond acceptors (Lipinski definition) is 2. The number of thioether (sulfide) groups is 1. The molecule has 122 valence electrons. The van der Waals surface area contributed by atoms with E-state index in [0.717, 1.165) is 28.2 Å². The fourth-order valence-electron chi connectivity index (χ4n) is 2.01. The van der Waals surface area contributed by atoms with Gasteiger partial charge in [-0.25, -0.2) is 0 Å². The first-order chi connectivity index (χ1) is 11.0. The molecule has 0 radical (unpaired) electrons. The van der Waals surface area contributed by atoms with Gasteiger partial charge in [0.15, 0.2) is 5.11 Å². The Morgan fingerprint density at radius 2 is 1.87 bits per heavy atom. The van der Waals surface area contributed by atoms with Gasteiger partial charge in [-0.05, 0) is 55.4 Å². The van der Waals surface area contributed by atoms with Crippen molar-refractivity contribution in [1.29, 1.82) is 0 Å². The molecule has 0 heterocycles. The number of aryl methyl sites for hydroxylation is 2. The second-order valence-electron chi connectivity index (χ2n) is 5.38. The fraction of sp³-hybridized carbons (Fsp3) is 0.278. The topological polar surface area (TPSA) is 24.1 Å². The zero-order valence-electron chi connectivity index (χ0n) is 13.4. The molecule has 23 heavy (non-hydrogen) atoms. The molecule has 0 aromatic heterocycles. The van der Waals surface area contributed by atoms with Crippen LogP contribution in [0.3, 0.4) is 0 Å². The summed E-state index contributed by atoms with van der Waals surface area (Å²) in [5, 5.41) is 7.13. The van der Waals surface area contributed by atoms with Crippen LogP contribution in [0, 0.1) is 13.8 Å². The molecule has 0 fully saturated rings. The largest absolute Gasteiger partial charge is 0.362 e. The first kappa shape index (κ1) is 18.3. The van der Waals surface area contributed by atoms with E-state index < -0.39 is 0 Å². The molecule has 0 bridgehead atoms. The molecule has 0 unspecified atom stereocenters. The molecule has 2 nitrogen and oxygen atoms in total. The van der Waals surface area contributed by atoms with Gasteiger partial charge in [-0.15, -0.1) is 0 Å². The highest BCUT2D eigenvalue weighted by molar-refractivity contribution is 9.10. The maximum atomic E-state index is 5.33. The van der Waals surface area contributed by atoms with Gasteiger partial charge in [0.25, 0.3) is 0 Å². The van der Waals surface area contributed by atoms with Crippen LogP contribution in [0.1, 0.15) is 16.7 Å². The van der Waals surface area contributed by atoms with E-state index in [0.29, 0.717) is 5.11 Å². The van der Waals surface area contributed by atoms with Crippen molar-refractivity contribution in [3.05, 3.63) is 63.6 Å². The lowest BCUT2D eigenvalue weighted by Gasteiger charge is -2.11. The summed E-state index contributed by atoms with van der Waals surface area (Å²) in [6, 6.07) is 14.8. The van der Waals surface area contributed by atoms with Gasteiger partial charge < -0.3 is 10.6 Å². The third kappa shape index (κ3) is 6.53. The van der Waals surface area contributed by atoms with E-state index in [1.165, 1.54) is 16.7 Å².